The molecular formula is C15H18BrNO2. The van der Waals surface area contributed by atoms with Crippen molar-refractivity contribution in [1.29, 1.82) is 0 Å². The summed E-state index contributed by atoms with van der Waals surface area (Å²) in [4.78, 5) is 11.5. The summed E-state index contributed by atoms with van der Waals surface area (Å²) in [6.45, 7) is 7.15. The van der Waals surface area contributed by atoms with Gasteiger partial charge in [0.25, 0.3) is 0 Å². The predicted molar refractivity (Wildman–Crippen MR) is 81.8 cm³/mol. The van der Waals surface area contributed by atoms with Gasteiger partial charge in [0, 0.05) is 17.1 Å². The second-order valence-corrected chi connectivity index (χ2v) is 5.10. The van der Waals surface area contributed by atoms with Crippen molar-refractivity contribution >= 4 is 27.9 Å². The van der Waals surface area contributed by atoms with E-state index in [1.165, 1.54) is 6.08 Å². The maximum atomic E-state index is 11.5. The molecule has 19 heavy (non-hydrogen) atoms. The number of hydrogen-bond donors (Lipinski definition) is 1. The first-order valence-corrected chi connectivity index (χ1v) is 6.81. The number of carbonyl (C=O) groups excluding carboxylic acids is 1. The Morgan fingerprint density at radius 3 is 3.00 bits per heavy atom. The third-order valence-electron chi connectivity index (χ3n) is 2.17. The number of nitrogens with one attached hydrogen (secondary N) is 1. The van der Waals surface area contributed by atoms with Crippen LogP contribution >= 0.6 is 15.9 Å². The Morgan fingerprint density at radius 2 is 2.32 bits per heavy atom. The van der Waals surface area contributed by atoms with Crippen molar-refractivity contribution in [2.45, 2.75) is 6.92 Å². The topological polar surface area (TPSA) is 38.3 Å². The summed E-state index contributed by atoms with van der Waals surface area (Å²) < 4.78 is 6.27. The van der Waals surface area contributed by atoms with Crippen LogP contribution in [0.1, 0.15) is 12.5 Å². The zero-order valence-corrected chi connectivity index (χ0v) is 12.6. The largest absolute Gasteiger partial charge is 0.375 e. The number of ether oxygens (including phenoxy) is 1. The molecule has 0 atom stereocenters. The average Bonchev–Trinajstić information content (AvgIpc) is 2.35. The van der Waals surface area contributed by atoms with E-state index >= 15 is 0 Å². The zero-order chi connectivity index (χ0) is 14.1. The number of benzene rings is 1. The highest BCUT2D eigenvalue weighted by Crippen LogP contribution is 2.12. The van der Waals surface area contributed by atoms with Gasteiger partial charge < -0.3 is 10.1 Å². The lowest BCUT2D eigenvalue weighted by Crippen LogP contribution is -2.25. The Hall–Kier alpha value is -1.39. The van der Waals surface area contributed by atoms with Crippen molar-refractivity contribution in [1.82, 2.24) is 5.32 Å². The smallest absolute Gasteiger partial charge is 0.244 e. The van der Waals surface area contributed by atoms with Crippen LogP contribution in [0.15, 0.2) is 47.0 Å². The molecule has 102 valence electrons. The second kappa shape index (κ2) is 8.67. The van der Waals surface area contributed by atoms with Gasteiger partial charge in [-0.25, -0.2) is 0 Å². The summed E-state index contributed by atoms with van der Waals surface area (Å²) in [5.41, 5.74) is 1.95. The van der Waals surface area contributed by atoms with Crippen LogP contribution in [0.25, 0.3) is 6.08 Å². The molecule has 0 aromatic heterocycles. The van der Waals surface area contributed by atoms with E-state index in [9.17, 15) is 4.79 Å². The fraction of sp³-hybridized carbons (Fsp3) is 0.267. The van der Waals surface area contributed by atoms with Crippen molar-refractivity contribution in [2.75, 3.05) is 19.8 Å². The highest BCUT2D eigenvalue weighted by atomic mass is 79.9. The van der Waals surface area contributed by atoms with Gasteiger partial charge in [-0.3, -0.25) is 4.79 Å². The first-order chi connectivity index (χ1) is 9.08. The summed E-state index contributed by atoms with van der Waals surface area (Å²) in [5, 5.41) is 2.75. The molecule has 0 aliphatic carbocycles. The van der Waals surface area contributed by atoms with Gasteiger partial charge in [0.1, 0.15) is 0 Å². The molecule has 0 radical (unpaired) electrons. The molecule has 3 nitrogen and oxygen atoms in total. The predicted octanol–water partition coefficient (Wildman–Crippen LogP) is 3.17. The lowest BCUT2D eigenvalue weighted by Gasteiger charge is -2.04. The second-order valence-electron chi connectivity index (χ2n) is 4.19. The van der Waals surface area contributed by atoms with Crippen LogP contribution < -0.4 is 5.32 Å². The number of hydrogen-bond acceptors (Lipinski definition) is 2. The van der Waals surface area contributed by atoms with Crippen LogP contribution in [0.3, 0.4) is 0 Å². The van der Waals surface area contributed by atoms with E-state index in [0.29, 0.717) is 19.8 Å². The quantitative estimate of drug-likeness (QED) is 0.475. The normalized spacial score (nSPS) is 10.6. The number of carbonyl (C=O) groups is 1. The fourth-order valence-electron chi connectivity index (χ4n) is 1.33. The monoisotopic (exact) mass is 323 g/mol. The van der Waals surface area contributed by atoms with Gasteiger partial charge in [-0.15, -0.1) is 0 Å². The minimum Gasteiger partial charge on any atom is -0.375 e. The van der Waals surface area contributed by atoms with Gasteiger partial charge in [-0.05, 0) is 30.7 Å². The minimum atomic E-state index is -0.126. The Labute approximate surface area is 122 Å². The summed E-state index contributed by atoms with van der Waals surface area (Å²) in [5.74, 6) is -0.126. The zero-order valence-electron chi connectivity index (χ0n) is 11.0. The lowest BCUT2D eigenvalue weighted by atomic mass is 10.2. The van der Waals surface area contributed by atoms with Crippen molar-refractivity contribution < 1.29 is 9.53 Å². The molecule has 4 heteroatoms. The molecule has 0 aliphatic heterocycles. The summed E-state index contributed by atoms with van der Waals surface area (Å²) in [6, 6.07) is 7.74. The van der Waals surface area contributed by atoms with Crippen LogP contribution in [0.5, 0.6) is 0 Å². The molecule has 1 aromatic carbocycles. The van der Waals surface area contributed by atoms with Crippen LogP contribution in [-0.2, 0) is 9.53 Å². The maximum absolute atomic E-state index is 11.5. The maximum Gasteiger partial charge on any atom is 0.244 e. The van der Waals surface area contributed by atoms with Gasteiger partial charge in [0.15, 0.2) is 0 Å². The third-order valence-corrected chi connectivity index (χ3v) is 2.66. The molecule has 0 unspecified atom stereocenters. The van der Waals surface area contributed by atoms with E-state index in [-0.39, 0.29) is 5.91 Å². The summed E-state index contributed by atoms with van der Waals surface area (Å²) in [6.07, 6.45) is 3.29. The van der Waals surface area contributed by atoms with E-state index in [2.05, 4.69) is 27.8 Å². The molecule has 0 saturated carbocycles. The van der Waals surface area contributed by atoms with Crippen molar-refractivity contribution in [3.05, 3.63) is 52.5 Å². The van der Waals surface area contributed by atoms with Crippen LogP contribution in [0.4, 0.5) is 0 Å². The van der Waals surface area contributed by atoms with Gasteiger partial charge in [0.05, 0.1) is 13.2 Å². The van der Waals surface area contributed by atoms with Gasteiger partial charge in [0.2, 0.25) is 5.91 Å². The standard InChI is InChI=1S/C15H18BrNO2/c1-12(2)11-19-9-8-17-15(18)7-6-13-4-3-5-14(16)10-13/h3-7,10H,1,8-9,11H2,2H3,(H,17,18)/b7-6+. The molecule has 0 spiro atoms. The summed E-state index contributed by atoms with van der Waals surface area (Å²) >= 11 is 3.38. The molecule has 1 rings (SSSR count). The van der Waals surface area contributed by atoms with Gasteiger partial charge >= 0.3 is 0 Å². The van der Waals surface area contributed by atoms with E-state index in [0.717, 1.165) is 15.6 Å². The molecule has 0 heterocycles. The molecule has 0 saturated heterocycles. The highest BCUT2D eigenvalue weighted by molar-refractivity contribution is 9.10. The lowest BCUT2D eigenvalue weighted by molar-refractivity contribution is -0.116. The Balaban J connectivity index is 2.25. The van der Waals surface area contributed by atoms with E-state index in [1.807, 2.05) is 31.2 Å². The number of amides is 1. The number of halogens is 1. The molecule has 0 fully saturated rings. The third kappa shape index (κ3) is 7.59. The Bertz CT molecular complexity index is 469. The first kappa shape index (κ1) is 15.7. The number of rotatable bonds is 7. The SMILES string of the molecule is C=C(C)COCCNC(=O)/C=C/c1cccc(Br)c1. The van der Waals surface area contributed by atoms with Crippen molar-refractivity contribution in [3.63, 3.8) is 0 Å². The minimum absolute atomic E-state index is 0.126. The fourth-order valence-corrected chi connectivity index (χ4v) is 1.75. The van der Waals surface area contributed by atoms with Gasteiger partial charge in [-0.2, -0.15) is 0 Å². The van der Waals surface area contributed by atoms with E-state index in [1.54, 1.807) is 6.08 Å². The van der Waals surface area contributed by atoms with Gasteiger partial charge in [-0.1, -0.05) is 40.2 Å². The molecule has 1 N–H and O–H groups in total. The van der Waals surface area contributed by atoms with Crippen molar-refractivity contribution in [2.24, 2.45) is 0 Å². The van der Waals surface area contributed by atoms with E-state index in [4.69, 9.17) is 4.74 Å². The molecule has 1 aromatic rings. The average molecular weight is 324 g/mol. The van der Waals surface area contributed by atoms with Crippen LogP contribution in [0.2, 0.25) is 0 Å². The van der Waals surface area contributed by atoms with Crippen LogP contribution in [-0.4, -0.2) is 25.7 Å². The first-order valence-electron chi connectivity index (χ1n) is 6.01. The highest BCUT2D eigenvalue weighted by Gasteiger charge is 1.95. The molecule has 0 bridgehead atoms. The van der Waals surface area contributed by atoms with Crippen LogP contribution in [0, 0.1) is 0 Å². The Kier molecular flexibility index (Phi) is 7.15. The van der Waals surface area contributed by atoms with Crippen molar-refractivity contribution in [3.8, 4) is 0 Å². The molecular weight excluding hydrogens is 306 g/mol. The molecule has 1 amide bonds. The van der Waals surface area contributed by atoms with E-state index < -0.39 is 0 Å². The Morgan fingerprint density at radius 1 is 1.53 bits per heavy atom. The summed E-state index contributed by atoms with van der Waals surface area (Å²) in [7, 11) is 0. The molecule has 0 aliphatic rings.